The Kier molecular flexibility index (Phi) is 7.40. The van der Waals surface area contributed by atoms with E-state index in [0.717, 1.165) is 5.56 Å². The quantitative estimate of drug-likeness (QED) is 0.450. The zero-order valence-electron chi connectivity index (χ0n) is 14.5. The number of esters is 1. The minimum Gasteiger partial charge on any atom is -0.452 e. The van der Waals surface area contributed by atoms with Crippen LogP contribution in [0, 0.1) is 11.3 Å². The molecule has 8 heteroatoms. The van der Waals surface area contributed by atoms with Crippen LogP contribution in [0.1, 0.15) is 28.4 Å². The maximum absolute atomic E-state index is 12.3. The highest BCUT2D eigenvalue weighted by Gasteiger charge is 2.14. The Bertz CT molecular complexity index is 875. The van der Waals surface area contributed by atoms with E-state index in [2.05, 4.69) is 16.9 Å². The lowest BCUT2D eigenvalue weighted by molar-refractivity contribution is -0.129. The molecule has 0 aliphatic heterocycles. The Hall–Kier alpha value is -3.31. The summed E-state index contributed by atoms with van der Waals surface area (Å²) >= 11 is 1.45. The van der Waals surface area contributed by atoms with Crippen LogP contribution in [0.15, 0.2) is 53.4 Å². The fourth-order valence-corrected chi connectivity index (χ4v) is 3.00. The molecule has 7 nitrogen and oxygen atoms in total. The van der Waals surface area contributed by atoms with Gasteiger partial charge in [0, 0.05) is 17.6 Å². The maximum atomic E-state index is 12.3. The summed E-state index contributed by atoms with van der Waals surface area (Å²) in [4.78, 5) is 35.2. The molecule has 0 spiro atoms. The first-order valence-corrected chi connectivity index (χ1v) is 8.91. The third-order valence-electron chi connectivity index (χ3n) is 3.30. The van der Waals surface area contributed by atoms with Gasteiger partial charge in [-0.05, 0) is 29.8 Å². The lowest BCUT2D eigenvalue weighted by atomic mass is 10.2. The largest absolute Gasteiger partial charge is 0.452 e. The molecule has 0 bridgehead atoms. The molecule has 0 radical (unpaired) electrons. The summed E-state index contributed by atoms with van der Waals surface area (Å²) in [7, 11) is 0. The fourth-order valence-electron chi connectivity index (χ4n) is 2.00. The molecule has 2 aromatic rings. The fraction of sp³-hybridized carbons (Fsp3) is 0.158. The molecule has 0 atom stereocenters. The molecule has 0 heterocycles. The van der Waals surface area contributed by atoms with Gasteiger partial charge in [0.15, 0.2) is 6.61 Å². The number of carbonyl (C=O) groups excluding carboxylic acids is 3. The molecule has 0 aliphatic carbocycles. The zero-order chi connectivity index (χ0) is 19.6. The monoisotopic (exact) mass is 383 g/mol. The molecule has 0 saturated heterocycles. The van der Waals surface area contributed by atoms with E-state index in [1.54, 1.807) is 36.4 Å². The van der Waals surface area contributed by atoms with Crippen molar-refractivity contribution in [2.24, 2.45) is 0 Å². The highest BCUT2D eigenvalue weighted by Crippen LogP contribution is 2.27. The van der Waals surface area contributed by atoms with Gasteiger partial charge in [0.05, 0.1) is 17.2 Å². The zero-order valence-corrected chi connectivity index (χ0v) is 15.3. The summed E-state index contributed by atoms with van der Waals surface area (Å²) in [5.41, 5.74) is 6.18. The molecule has 0 fully saturated rings. The summed E-state index contributed by atoms with van der Waals surface area (Å²) in [5.74, 6) is -1.09. The van der Waals surface area contributed by atoms with Crippen LogP contribution < -0.4 is 10.9 Å². The summed E-state index contributed by atoms with van der Waals surface area (Å²) in [5, 5.41) is 8.83. The van der Waals surface area contributed by atoms with Crippen LogP contribution in [0.25, 0.3) is 0 Å². The first-order valence-electron chi connectivity index (χ1n) is 7.93. The number of thioether (sulfide) groups is 1. The van der Waals surface area contributed by atoms with Crippen molar-refractivity contribution in [2.75, 3.05) is 6.61 Å². The van der Waals surface area contributed by atoms with Crippen LogP contribution in [-0.4, -0.2) is 24.4 Å². The minimum absolute atomic E-state index is 0.350. The van der Waals surface area contributed by atoms with Crippen molar-refractivity contribution in [3.63, 3.8) is 0 Å². The summed E-state index contributed by atoms with van der Waals surface area (Å²) in [6.07, 6.45) is 0. The molecule has 0 unspecified atom stereocenters. The number of ether oxygens (including phenoxy) is 1. The SMILES string of the molecule is CC(=O)NNC(=O)COC(=O)c1ccccc1SCc1ccc(C#N)cc1. The van der Waals surface area contributed by atoms with E-state index >= 15 is 0 Å². The molecule has 2 rings (SSSR count). The first kappa shape index (κ1) is 20.0. The lowest BCUT2D eigenvalue weighted by Gasteiger charge is -2.10. The Balaban J connectivity index is 1.95. The van der Waals surface area contributed by atoms with E-state index in [9.17, 15) is 14.4 Å². The predicted molar refractivity (Wildman–Crippen MR) is 99.4 cm³/mol. The van der Waals surface area contributed by atoms with Crippen LogP contribution in [0.2, 0.25) is 0 Å². The number of amides is 2. The van der Waals surface area contributed by atoms with Gasteiger partial charge in [-0.3, -0.25) is 20.4 Å². The summed E-state index contributed by atoms with van der Waals surface area (Å²) < 4.78 is 4.99. The van der Waals surface area contributed by atoms with Crippen LogP contribution in [0.3, 0.4) is 0 Å². The van der Waals surface area contributed by atoms with E-state index in [0.29, 0.717) is 21.8 Å². The topological polar surface area (TPSA) is 108 Å². The molecule has 0 saturated carbocycles. The number of carbonyl (C=O) groups is 3. The number of benzene rings is 2. The Morgan fingerprint density at radius 3 is 2.44 bits per heavy atom. The van der Waals surface area contributed by atoms with Gasteiger partial charge in [-0.15, -0.1) is 11.8 Å². The lowest BCUT2D eigenvalue weighted by Crippen LogP contribution is -2.42. The molecule has 0 aromatic heterocycles. The molecule has 0 aliphatic rings. The number of nitriles is 1. The number of hydrogen-bond donors (Lipinski definition) is 2. The van der Waals surface area contributed by atoms with Gasteiger partial charge in [0.25, 0.3) is 5.91 Å². The molecule has 2 amide bonds. The number of nitrogens with zero attached hydrogens (tertiary/aromatic N) is 1. The molecule has 27 heavy (non-hydrogen) atoms. The first-order chi connectivity index (χ1) is 13.0. The van der Waals surface area contributed by atoms with Crippen molar-refractivity contribution in [1.82, 2.24) is 10.9 Å². The Labute approximate surface area is 160 Å². The van der Waals surface area contributed by atoms with Crippen molar-refractivity contribution in [3.8, 4) is 6.07 Å². The van der Waals surface area contributed by atoms with E-state index in [1.165, 1.54) is 18.7 Å². The highest BCUT2D eigenvalue weighted by molar-refractivity contribution is 7.98. The number of hydrogen-bond acceptors (Lipinski definition) is 6. The molecule has 2 N–H and O–H groups in total. The van der Waals surface area contributed by atoms with Crippen molar-refractivity contribution >= 4 is 29.5 Å². The van der Waals surface area contributed by atoms with Gasteiger partial charge in [0.2, 0.25) is 5.91 Å². The van der Waals surface area contributed by atoms with Crippen molar-refractivity contribution in [3.05, 3.63) is 65.2 Å². The molecule has 2 aromatic carbocycles. The molecular formula is C19H17N3O4S. The van der Waals surface area contributed by atoms with Crippen molar-refractivity contribution < 1.29 is 19.1 Å². The predicted octanol–water partition coefficient (Wildman–Crippen LogP) is 2.17. The minimum atomic E-state index is -0.638. The molecular weight excluding hydrogens is 366 g/mol. The Morgan fingerprint density at radius 2 is 1.78 bits per heavy atom. The van der Waals surface area contributed by atoms with Crippen molar-refractivity contribution in [2.45, 2.75) is 17.6 Å². The number of rotatable bonds is 6. The van der Waals surface area contributed by atoms with E-state index in [1.807, 2.05) is 12.1 Å². The number of nitrogens with one attached hydrogen (secondary N) is 2. The van der Waals surface area contributed by atoms with Gasteiger partial charge in [-0.25, -0.2) is 4.79 Å². The van der Waals surface area contributed by atoms with Gasteiger partial charge in [-0.1, -0.05) is 24.3 Å². The van der Waals surface area contributed by atoms with E-state index in [-0.39, 0.29) is 0 Å². The second-order valence-corrected chi connectivity index (χ2v) is 6.42. The average molecular weight is 383 g/mol. The van der Waals surface area contributed by atoms with Crippen LogP contribution in [-0.2, 0) is 20.1 Å². The van der Waals surface area contributed by atoms with Gasteiger partial charge < -0.3 is 4.74 Å². The maximum Gasteiger partial charge on any atom is 0.339 e. The van der Waals surface area contributed by atoms with Crippen molar-refractivity contribution in [1.29, 1.82) is 5.26 Å². The Morgan fingerprint density at radius 1 is 1.07 bits per heavy atom. The third kappa shape index (κ3) is 6.49. The average Bonchev–Trinajstić information content (AvgIpc) is 2.69. The molecule has 138 valence electrons. The van der Waals surface area contributed by atoms with Gasteiger partial charge in [-0.2, -0.15) is 5.26 Å². The third-order valence-corrected chi connectivity index (χ3v) is 4.44. The van der Waals surface area contributed by atoms with Gasteiger partial charge in [0.1, 0.15) is 0 Å². The second kappa shape index (κ2) is 9.99. The summed E-state index contributed by atoms with van der Waals surface area (Å²) in [6.45, 7) is 0.737. The van der Waals surface area contributed by atoms with Crippen LogP contribution in [0.5, 0.6) is 0 Å². The van der Waals surface area contributed by atoms with Crippen LogP contribution >= 0.6 is 11.8 Å². The second-order valence-electron chi connectivity index (χ2n) is 5.40. The normalized spacial score (nSPS) is 9.78. The van der Waals surface area contributed by atoms with Crippen LogP contribution in [0.4, 0.5) is 0 Å². The number of hydrazine groups is 1. The standard InChI is InChI=1S/C19H17N3O4S/c1-13(23)21-22-18(24)11-26-19(25)16-4-2-3-5-17(16)27-12-15-8-6-14(10-20)7-9-15/h2-9H,11-12H2,1H3,(H,21,23)(H,22,24). The summed E-state index contributed by atoms with van der Waals surface area (Å²) in [6, 6.07) is 16.2. The van der Waals surface area contributed by atoms with E-state index in [4.69, 9.17) is 10.00 Å². The highest BCUT2D eigenvalue weighted by atomic mass is 32.2. The van der Waals surface area contributed by atoms with E-state index < -0.39 is 24.4 Å². The smallest absolute Gasteiger partial charge is 0.339 e. The van der Waals surface area contributed by atoms with Gasteiger partial charge >= 0.3 is 5.97 Å².